The summed E-state index contributed by atoms with van der Waals surface area (Å²) in [6, 6.07) is 10.7. The minimum atomic E-state index is -0.704. The van der Waals surface area contributed by atoms with Crippen molar-refractivity contribution in [2.45, 2.75) is 26.9 Å². The number of halogens is 1. The molecule has 0 aromatic heterocycles. The van der Waals surface area contributed by atoms with Crippen LogP contribution in [-0.4, -0.2) is 5.11 Å². The molecule has 0 spiro atoms. The maximum atomic E-state index is 13.2. The first-order valence-corrected chi connectivity index (χ1v) is 6.00. The smallest absolute Gasteiger partial charge is 0.126 e. The SMILES string of the molecule is Cc1ccc(C)c(C(O)c2ccc(F)c(C)c2)c1. The van der Waals surface area contributed by atoms with E-state index in [1.807, 2.05) is 32.0 Å². The highest BCUT2D eigenvalue weighted by molar-refractivity contribution is 5.38. The molecule has 18 heavy (non-hydrogen) atoms. The van der Waals surface area contributed by atoms with E-state index < -0.39 is 6.10 Å². The summed E-state index contributed by atoms with van der Waals surface area (Å²) in [5, 5.41) is 10.4. The predicted molar refractivity (Wildman–Crippen MR) is 71.1 cm³/mol. The van der Waals surface area contributed by atoms with Crippen LogP contribution in [-0.2, 0) is 0 Å². The average Bonchev–Trinajstić information content (AvgIpc) is 2.35. The van der Waals surface area contributed by atoms with E-state index in [2.05, 4.69) is 0 Å². The summed E-state index contributed by atoms with van der Waals surface area (Å²) in [6.07, 6.45) is -0.704. The number of aryl methyl sites for hydroxylation is 3. The zero-order valence-corrected chi connectivity index (χ0v) is 10.9. The first-order chi connectivity index (χ1) is 8.49. The summed E-state index contributed by atoms with van der Waals surface area (Å²) in [5.41, 5.74) is 4.30. The Hall–Kier alpha value is -1.67. The van der Waals surface area contributed by atoms with Crippen molar-refractivity contribution in [1.29, 1.82) is 0 Å². The Kier molecular flexibility index (Phi) is 3.48. The number of benzene rings is 2. The summed E-state index contributed by atoms with van der Waals surface area (Å²) >= 11 is 0. The van der Waals surface area contributed by atoms with Gasteiger partial charge >= 0.3 is 0 Å². The quantitative estimate of drug-likeness (QED) is 0.851. The maximum Gasteiger partial charge on any atom is 0.126 e. The molecule has 0 aliphatic carbocycles. The van der Waals surface area contributed by atoms with Gasteiger partial charge in [0.15, 0.2) is 0 Å². The highest BCUT2D eigenvalue weighted by Crippen LogP contribution is 2.26. The summed E-state index contributed by atoms with van der Waals surface area (Å²) in [4.78, 5) is 0. The van der Waals surface area contributed by atoms with Crippen LogP contribution in [0.2, 0.25) is 0 Å². The molecule has 94 valence electrons. The minimum Gasteiger partial charge on any atom is -0.384 e. The van der Waals surface area contributed by atoms with Gasteiger partial charge in [-0.2, -0.15) is 0 Å². The van der Waals surface area contributed by atoms with Crippen LogP contribution in [0.15, 0.2) is 36.4 Å². The molecule has 0 aliphatic heterocycles. The fourth-order valence-electron chi connectivity index (χ4n) is 2.07. The predicted octanol–water partition coefficient (Wildman–Crippen LogP) is 3.83. The molecule has 1 nitrogen and oxygen atoms in total. The van der Waals surface area contributed by atoms with Crippen LogP contribution < -0.4 is 0 Å². The summed E-state index contributed by atoms with van der Waals surface area (Å²) < 4.78 is 13.2. The molecular formula is C16H17FO. The second kappa shape index (κ2) is 4.91. The fourth-order valence-corrected chi connectivity index (χ4v) is 2.07. The van der Waals surface area contributed by atoms with Gasteiger partial charge < -0.3 is 5.11 Å². The standard InChI is InChI=1S/C16H17FO/c1-10-4-5-11(2)14(8-10)16(18)13-6-7-15(17)12(3)9-13/h4-9,16,18H,1-3H3. The molecule has 0 aliphatic rings. The van der Waals surface area contributed by atoms with E-state index in [0.717, 1.165) is 22.3 Å². The third kappa shape index (κ3) is 2.44. The second-order valence-electron chi connectivity index (χ2n) is 4.77. The lowest BCUT2D eigenvalue weighted by molar-refractivity contribution is 0.219. The number of hydrogen-bond acceptors (Lipinski definition) is 1. The topological polar surface area (TPSA) is 20.2 Å². The third-order valence-corrected chi connectivity index (χ3v) is 3.23. The van der Waals surface area contributed by atoms with Crippen LogP contribution in [0.5, 0.6) is 0 Å². The molecule has 0 saturated heterocycles. The van der Waals surface area contributed by atoms with E-state index in [1.165, 1.54) is 6.07 Å². The summed E-state index contributed by atoms with van der Waals surface area (Å²) in [6.45, 7) is 5.66. The van der Waals surface area contributed by atoms with Crippen LogP contribution in [0.1, 0.15) is 33.9 Å². The van der Waals surface area contributed by atoms with Gasteiger partial charge in [-0.15, -0.1) is 0 Å². The van der Waals surface area contributed by atoms with Crippen LogP contribution in [0.3, 0.4) is 0 Å². The van der Waals surface area contributed by atoms with Crippen molar-refractivity contribution >= 4 is 0 Å². The maximum absolute atomic E-state index is 13.2. The molecule has 0 radical (unpaired) electrons. The van der Waals surface area contributed by atoms with Crippen molar-refractivity contribution in [1.82, 2.24) is 0 Å². The Morgan fingerprint density at radius 1 is 0.944 bits per heavy atom. The Bertz CT molecular complexity index is 575. The lowest BCUT2D eigenvalue weighted by atomic mass is 9.95. The molecule has 0 bridgehead atoms. The number of aliphatic hydroxyl groups excluding tert-OH is 1. The van der Waals surface area contributed by atoms with Crippen LogP contribution in [0, 0.1) is 26.6 Å². The van der Waals surface area contributed by atoms with Gasteiger partial charge in [0, 0.05) is 0 Å². The molecule has 2 aromatic carbocycles. The molecule has 0 saturated carbocycles. The lowest BCUT2D eigenvalue weighted by Crippen LogP contribution is -2.03. The molecule has 2 aromatic rings. The van der Waals surface area contributed by atoms with E-state index in [-0.39, 0.29) is 5.82 Å². The number of hydrogen-bond donors (Lipinski definition) is 1. The molecule has 1 atom stereocenters. The van der Waals surface area contributed by atoms with Crippen LogP contribution in [0.25, 0.3) is 0 Å². The highest BCUT2D eigenvalue weighted by Gasteiger charge is 2.14. The monoisotopic (exact) mass is 244 g/mol. The van der Waals surface area contributed by atoms with Crippen molar-refractivity contribution in [2.75, 3.05) is 0 Å². The summed E-state index contributed by atoms with van der Waals surface area (Å²) in [5.74, 6) is -0.244. The normalized spacial score (nSPS) is 12.5. The van der Waals surface area contributed by atoms with Crippen LogP contribution >= 0.6 is 0 Å². The minimum absolute atomic E-state index is 0.244. The van der Waals surface area contributed by atoms with E-state index in [9.17, 15) is 9.50 Å². The van der Waals surface area contributed by atoms with E-state index in [1.54, 1.807) is 19.1 Å². The summed E-state index contributed by atoms with van der Waals surface area (Å²) in [7, 11) is 0. The fraction of sp³-hybridized carbons (Fsp3) is 0.250. The Balaban J connectivity index is 2.44. The van der Waals surface area contributed by atoms with Gasteiger partial charge in [0.2, 0.25) is 0 Å². The second-order valence-corrected chi connectivity index (χ2v) is 4.77. The first-order valence-electron chi connectivity index (χ1n) is 6.00. The zero-order valence-electron chi connectivity index (χ0n) is 10.9. The molecule has 0 heterocycles. The molecule has 1 unspecified atom stereocenters. The molecule has 1 N–H and O–H groups in total. The van der Waals surface area contributed by atoms with Crippen LogP contribution in [0.4, 0.5) is 4.39 Å². The average molecular weight is 244 g/mol. The van der Waals surface area contributed by atoms with Gasteiger partial charge in [0.05, 0.1) is 0 Å². The first kappa shape index (κ1) is 12.8. The van der Waals surface area contributed by atoms with Crippen molar-refractivity contribution in [2.24, 2.45) is 0 Å². The van der Waals surface area contributed by atoms with Crippen molar-refractivity contribution in [3.05, 3.63) is 70.0 Å². The molecule has 2 heteroatoms. The van der Waals surface area contributed by atoms with E-state index in [4.69, 9.17) is 0 Å². The molecule has 2 rings (SSSR count). The van der Waals surface area contributed by atoms with Crippen molar-refractivity contribution in [3.63, 3.8) is 0 Å². The van der Waals surface area contributed by atoms with Gasteiger partial charge in [-0.3, -0.25) is 0 Å². The van der Waals surface area contributed by atoms with Crippen molar-refractivity contribution < 1.29 is 9.50 Å². The van der Waals surface area contributed by atoms with Gasteiger partial charge in [0.25, 0.3) is 0 Å². The number of rotatable bonds is 2. The zero-order chi connectivity index (χ0) is 13.3. The van der Waals surface area contributed by atoms with Gasteiger partial charge in [-0.25, -0.2) is 4.39 Å². The molecule has 0 fully saturated rings. The largest absolute Gasteiger partial charge is 0.384 e. The Morgan fingerprint density at radius 3 is 2.33 bits per heavy atom. The van der Waals surface area contributed by atoms with Gasteiger partial charge in [-0.05, 0) is 49.1 Å². The van der Waals surface area contributed by atoms with E-state index >= 15 is 0 Å². The number of aliphatic hydroxyl groups is 1. The molecular weight excluding hydrogens is 227 g/mol. The Labute approximate surface area is 107 Å². The van der Waals surface area contributed by atoms with E-state index in [0.29, 0.717) is 5.56 Å². The lowest BCUT2D eigenvalue weighted by Gasteiger charge is -2.15. The third-order valence-electron chi connectivity index (χ3n) is 3.23. The van der Waals surface area contributed by atoms with Crippen molar-refractivity contribution in [3.8, 4) is 0 Å². The van der Waals surface area contributed by atoms with Gasteiger partial charge in [0.1, 0.15) is 11.9 Å². The highest BCUT2D eigenvalue weighted by atomic mass is 19.1. The van der Waals surface area contributed by atoms with Gasteiger partial charge in [-0.1, -0.05) is 35.9 Å². The molecule has 0 amide bonds. The Morgan fingerprint density at radius 2 is 1.67 bits per heavy atom.